The van der Waals surface area contributed by atoms with Crippen LogP contribution >= 0.6 is 0 Å². The molecule has 0 atom stereocenters. The third-order valence-corrected chi connectivity index (χ3v) is 6.42. The Balaban J connectivity index is 1.78. The van der Waals surface area contributed by atoms with E-state index in [1.54, 1.807) is 12.3 Å². The zero-order valence-electron chi connectivity index (χ0n) is 18.6. The van der Waals surface area contributed by atoms with Crippen LogP contribution in [0.1, 0.15) is 47.2 Å². The first-order valence-electron chi connectivity index (χ1n) is 11.3. The van der Waals surface area contributed by atoms with Crippen molar-refractivity contribution in [3.63, 3.8) is 0 Å². The summed E-state index contributed by atoms with van der Waals surface area (Å²) < 4.78 is 1.84. The molecule has 0 unspecified atom stereocenters. The molecule has 1 saturated carbocycles. The molecule has 0 bridgehead atoms. The largest absolute Gasteiger partial charge is 0.478 e. The molecule has 4 aromatic rings. The van der Waals surface area contributed by atoms with Crippen molar-refractivity contribution in [2.75, 3.05) is 0 Å². The van der Waals surface area contributed by atoms with Crippen LogP contribution in [0.4, 0.5) is 0 Å². The van der Waals surface area contributed by atoms with E-state index in [-0.39, 0.29) is 0 Å². The Hall–Kier alpha value is -4.43. The van der Waals surface area contributed by atoms with Gasteiger partial charge in [-0.15, -0.1) is 0 Å². The van der Waals surface area contributed by atoms with Gasteiger partial charge in [0.15, 0.2) is 0 Å². The fraction of sp³-hybridized carbons (Fsp3) is 0.138. The number of imidazole rings is 1. The van der Waals surface area contributed by atoms with Crippen LogP contribution in [0.2, 0.25) is 0 Å². The van der Waals surface area contributed by atoms with Crippen LogP contribution in [0.15, 0.2) is 85.2 Å². The Bertz CT molecular complexity index is 1450. The van der Waals surface area contributed by atoms with Crippen LogP contribution in [0.25, 0.3) is 22.9 Å². The van der Waals surface area contributed by atoms with E-state index in [0.717, 1.165) is 52.4 Å². The van der Waals surface area contributed by atoms with Crippen LogP contribution < -0.4 is 0 Å². The minimum atomic E-state index is -0.978. The maximum atomic E-state index is 10.9. The highest BCUT2D eigenvalue weighted by Crippen LogP contribution is 2.45. The SMILES string of the molecule is N#Cc1c(/C(=C(/c2ccccc2)C2CCC2)c2ccc(/C=C/C(=O)O)cc2)ccc2nccn12. The summed E-state index contributed by atoms with van der Waals surface area (Å²) >= 11 is 0. The number of aromatic nitrogens is 2. The normalized spacial score (nSPS) is 14.6. The number of nitrogens with zero attached hydrogens (tertiary/aromatic N) is 3. The first kappa shape index (κ1) is 21.4. The molecule has 2 heterocycles. The summed E-state index contributed by atoms with van der Waals surface area (Å²) in [5.74, 6) is -0.567. The van der Waals surface area contributed by atoms with E-state index in [9.17, 15) is 10.1 Å². The molecule has 166 valence electrons. The summed E-state index contributed by atoms with van der Waals surface area (Å²) in [5, 5.41) is 19.1. The van der Waals surface area contributed by atoms with Crippen molar-refractivity contribution in [2.24, 2.45) is 5.92 Å². The Morgan fingerprint density at radius 2 is 1.79 bits per heavy atom. The van der Waals surface area contributed by atoms with E-state index < -0.39 is 5.97 Å². The van der Waals surface area contributed by atoms with Crippen LogP contribution in [-0.2, 0) is 4.79 Å². The summed E-state index contributed by atoms with van der Waals surface area (Å²) in [6.07, 6.45) is 9.66. The van der Waals surface area contributed by atoms with Gasteiger partial charge in [0.25, 0.3) is 0 Å². The second kappa shape index (κ2) is 9.21. The van der Waals surface area contributed by atoms with Gasteiger partial charge < -0.3 is 5.11 Å². The first-order valence-corrected chi connectivity index (χ1v) is 11.3. The zero-order valence-corrected chi connectivity index (χ0v) is 18.6. The van der Waals surface area contributed by atoms with Gasteiger partial charge in [0.2, 0.25) is 0 Å². The molecule has 1 N–H and O–H groups in total. The van der Waals surface area contributed by atoms with Crippen molar-refractivity contribution in [2.45, 2.75) is 19.3 Å². The molecule has 0 radical (unpaired) electrons. The number of carboxylic acid groups (broad SMARTS) is 1. The molecular formula is C29H23N3O2. The third kappa shape index (κ3) is 4.02. The van der Waals surface area contributed by atoms with Crippen LogP contribution in [-0.4, -0.2) is 20.5 Å². The summed E-state index contributed by atoms with van der Waals surface area (Å²) in [6, 6.07) is 24.6. The zero-order chi connectivity index (χ0) is 23.5. The van der Waals surface area contributed by atoms with E-state index >= 15 is 0 Å². The molecule has 2 aromatic carbocycles. The minimum Gasteiger partial charge on any atom is -0.478 e. The maximum absolute atomic E-state index is 10.9. The molecule has 0 saturated heterocycles. The van der Waals surface area contributed by atoms with Gasteiger partial charge in [-0.3, -0.25) is 4.40 Å². The molecule has 5 nitrogen and oxygen atoms in total. The van der Waals surface area contributed by atoms with Gasteiger partial charge in [0.05, 0.1) is 0 Å². The number of carbonyl (C=O) groups is 1. The second-order valence-electron chi connectivity index (χ2n) is 8.44. The number of aliphatic carboxylic acids is 1. The smallest absolute Gasteiger partial charge is 0.328 e. The second-order valence-corrected chi connectivity index (χ2v) is 8.44. The number of carboxylic acids is 1. The Morgan fingerprint density at radius 1 is 1.03 bits per heavy atom. The third-order valence-electron chi connectivity index (χ3n) is 6.42. The van der Waals surface area contributed by atoms with Crippen LogP contribution in [0.3, 0.4) is 0 Å². The predicted octanol–water partition coefficient (Wildman–Crippen LogP) is 6.06. The molecule has 1 fully saturated rings. The van der Waals surface area contributed by atoms with Crippen molar-refractivity contribution in [1.82, 2.24) is 9.38 Å². The predicted molar refractivity (Wildman–Crippen MR) is 133 cm³/mol. The lowest BCUT2D eigenvalue weighted by Crippen LogP contribution is -2.15. The molecule has 0 aliphatic heterocycles. The van der Waals surface area contributed by atoms with E-state index in [2.05, 4.69) is 35.3 Å². The highest BCUT2D eigenvalue weighted by atomic mass is 16.4. The quantitative estimate of drug-likeness (QED) is 0.289. The fourth-order valence-electron chi connectivity index (χ4n) is 4.59. The Morgan fingerprint density at radius 3 is 2.44 bits per heavy atom. The van der Waals surface area contributed by atoms with E-state index in [1.807, 2.05) is 53.1 Å². The highest BCUT2D eigenvalue weighted by molar-refractivity contribution is 6.00. The molecular weight excluding hydrogens is 422 g/mol. The number of hydrogen-bond donors (Lipinski definition) is 1. The van der Waals surface area contributed by atoms with Crippen LogP contribution in [0.5, 0.6) is 0 Å². The van der Waals surface area contributed by atoms with Gasteiger partial charge in [-0.05, 0) is 64.8 Å². The van der Waals surface area contributed by atoms with Crippen LogP contribution in [0, 0.1) is 17.2 Å². The minimum absolute atomic E-state index is 0.411. The lowest BCUT2D eigenvalue weighted by molar-refractivity contribution is -0.131. The van der Waals surface area contributed by atoms with Gasteiger partial charge in [-0.25, -0.2) is 9.78 Å². The van der Waals surface area contributed by atoms with E-state index in [0.29, 0.717) is 11.6 Å². The molecule has 34 heavy (non-hydrogen) atoms. The fourth-order valence-corrected chi connectivity index (χ4v) is 4.59. The van der Waals surface area contributed by atoms with E-state index in [1.165, 1.54) is 12.0 Å². The lowest BCUT2D eigenvalue weighted by Gasteiger charge is -2.32. The highest BCUT2D eigenvalue weighted by Gasteiger charge is 2.28. The van der Waals surface area contributed by atoms with Crippen molar-refractivity contribution >= 4 is 28.8 Å². The average Bonchev–Trinajstić information content (AvgIpc) is 3.31. The Labute approximate surface area is 197 Å². The molecule has 2 aromatic heterocycles. The topological polar surface area (TPSA) is 78.4 Å². The van der Waals surface area contributed by atoms with Gasteiger partial charge in [0.1, 0.15) is 17.4 Å². The number of fused-ring (bicyclic) bond motifs is 1. The van der Waals surface area contributed by atoms with Gasteiger partial charge >= 0.3 is 5.97 Å². The first-order chi connectivity index (χ1) is 16.7. The summed E-state index contributed by atoms with van der Waals surface area (Å²) in [6.45, 7) is 0. The van der Waals surface area contributed by atoms with Gasteiger partial charge in [-0.1, -0.05) is 61.0 Å². The molecule has 5 rings (SSSR count). The monoisotopic (exact) mass is 445 g/mol. The number of rotatable bonds is 6. The summed E-state index contributed by atoms with van der Waals surface area (Å²) in [5.41, 5.74) is 7.40. The van der Waals surface area contributed by atoms with Crippen molar-refractivity contribution < 1.29 is 9.90 Å². The average molecular weight is 446 g/mol. The lowest BCUT2D eigenvalue weighted by atomic mass is 9.73. The Kier molecular flexibility index (Phi) is 5.80. The standard InChI is InChI=1S/C29H23N3O2/c30-19-25-24(14-15-26-31-17-18-32(25)26)29(23-12-9-20(10-13-23)11-16-27(33)34)28(22-7-4-8-22)21-5-2-1-3-6-21/h1-3,5-6,9-18,22H,4,7-8H2,(H,33,34)/b16-11+,29-28-. The number of pyridine rings is 1. The van der Waals surface area contributed by atoms with Crippen molar-refractivity contribution in [3.8, 4) is 6.07 Å². The molecule has 0 amide bonds. The van der Waals surface area contributed by atoms with Gasteiger partial charge in [0, 0.05) is 24.0 Å². The molecule has 0 spiro atoms. The van der Waals surface area contributed by atoms with Gasteiger partial charge in [-0.2, -0.15) is 5.26 Å². The summed E-state index contributed by atoms with van der Waals surface area (Å²) in [7, 11) is 0. The van der Waals surface area contributed by atoms with Crippen molar-refractivity contribution in [1.29, 1.82) is 5.26 Å². The van der Waals surface area contributed by atoms with E-state index in [4.69, 9.17) is 5.11 Å². The molecule has 1 aliphatic carbocycles. The molecule has 1 aliphatic rings. The maximum Gasteiger partial charge on any atom is 0.328 e. The number of hydrogen-bond acceptors (Lipinski definition) is 3. The number of nitriles is 1. The number of benzene rings is 2. The van der Waals surface area contributed by atoms with Crippen molar-refractivity contribution in [3.05, 3.63) is 113 Å². The number of allylic oxidation sites excluding steroid dienone is 1. The molecule has 5 heteroatoms. The summed E-state index contributed by atoms with van der Waals surface area (Å²) in [4.78, 5) is 15.3.